The highest BCUT2D eigenvalue weighted by atomic mass is 35.5. The molecule has 0 spiro atoms. The standard InChI is InChI=1S/C29H32FNO3.ClH/c1-17-9-11-23(18(2)28(17)29(32)33)25-14-20(13-22-7-5-6-8-24(22)25)16-31-19(3)21-10-12-26(30)27(15-21)34-4;/h5-12,15,19-20,25,31H,13-14,16H2,1-4H3,(H,32,33);1H/t19-,20-,25?;/m1./s1. The van der Waals surface area contributed by atoms with Gasteiger partial charge in [0.15, 0.2) is 11.6 Å². The molecule has 0 saturated heterocycles. The Kier molecular flexibility index (Phi) is 8.57. The number of aromatic carboxylic acids is 1. The van der Waals surface area contributed by atoms with Crippen LogP contribution in [0.1, 0.15) is 69.0 Å². The van der Waals surface area contributed by atoms with E-state index in [4.69, 9.17) is 4.74 Å². The SMILES string of the molecule is COc1cc([C@@H](C)NC[C@@H]2Cc3ccccc3C(c3ccc(C)c(C(=O)O)c3C)C2)ccc1F.Cl. The zero-order valence-corrected chi connectivity index (χ0v) is 21.4. The fourth-order valence-electron chi connectivity index (χ4n) is 5.34. The Labute approximate surface area is 212 Å². The summed E-state index contributed by atoms with van der Waals surface area (Å²) in [5.41, 5.74) is 6.74. The van der Waals surface area contributed by atoms with Gasteiger partial charge in [-0.05, 0) is 91.6 Å². The van der Waals surface area contributed by atoms with Crippen LogP contribution >= 0.6 is 12.4 Å². The second-order valence-corrected chi connectivity index (χ2v) is 9.36. The monoisotopic (exact) mass is 497 g/mol. The number of carboxylic acids is 1. The van der Waals surface area contributed by atoms with Crippen molar-refractivity contribution in [2.45, 2.75) is 45.6 Å². The largest absolute Gasteiger partial charge is 0.494 e. The van der Waals surface area contributed by atoms with Gasteiger partial charge in [0, 0.05) is 12.0 Å². The first-order valence-corrected chi connectivity index (χ1v) is 11.8. The second kappa shape index (κ2) is 11.2. The molecule has 3 aromatic rings. The number of rotatable bonds is 7. The highest BCUT2D eigenvalue weighted by Crippen LogP contribution is 2.41. The summed E-state index contributed by atoms with van der Waals surface area (Å²) >= 11 is 0. The lowest BCUT2D eigenvalue weighted by molar-refractivity contribution is 0.0695. The van der Waals surface area contributed by atoms with Crippen molar-refractivity contribution in [2.24, 2.45) is 5.92 Å². The maximum Gasteiger partial charge on any atom is 0.336 e. The molecule has 4 nitrogen and oxygen atoms in total. The van der Waals surface area contributed by atoms with Crippen LogP contribution in [0.25, 0.3) is 0 Å². The molecule has 0 heterocycles. The van der Waals surface area contributed by atoms with Gasteiger partial charge >= 0.3 is 5.97 Å². The number of carbonyl (C=O) groups is 1. The Morgan fingerprint density at radius 1 is 1.14 bits per heavy atom. The minimum absolute atomic E-state index is 0. The molecule has 0 amide bonds. The van der Waals surface area contributed by atoms with Gasteiger partial charge in [0.05, 0.1) is 12.7 Å². The molecule has 1 unspecified atom stereocenters. The van der Waals surface area contributed by atoms with Crippen LogP contribution < -0.4 is 10.1 Å². The smallest absolute Gasteiger partial charge is 0.336 e. The van der Waals surface area contributed by atoms with E-state index in [1.54, 1.807) is 12.1 Å². The Bertz CT molecular complexity index is 1210. The van der Waals surface area contributed by atoms with Crippen molar-refractivity contribution in [3.8, 4) is 5.75 Å². The van der Waals surface area contributed by atoms with Crippen molar-refractivity contribution < 1.29 is 19.0 Å². The van der Waals surface area contributed by atoms with E-state index in [9.17, 15) is 14.3 Å². The number of nitrogens with one attached hydrogen (secondary N) is 1. The van der Waals surface area contributed by atoms with Gasteiger partial charge in [0.2, 0.25) is 0 Å². The zero-order valence-electron chi connectivity index (χ0n) is 20.6. The van der Waals surface area contributed by atoms with Crippen molar-refractivity contribution in [3.63, 3.8) is 0 Å². The maximum atomic E-state index is 13.8. The highest BCUT2D eigenvalue weighted by Gasteiger charge is 2.30. The van der Waals surface area contributed by atoms with Gasteiger partial charge < -0.3 is 15.2 Å². The third-order valence-corrected chi connectivity index (χ3v) is 7.20. The van der Waals surface area contributed by atoms with Gasteiger partial charge in [-0.15, -0.1) is 12.4 Å². The number of carboxylic acid groups (broad SMARTS) is 1. The Balaban J connectivity index is 0.00000342. The van der Waals surface area contributed by atoms with Crippen molar-refractivity contribution in [2.75, 3.05) is 13.7 Å². The molecule has 0 radical (unpaired) electrons. The van der Waals surface area contributed by atoms with Crippen LogP contribution in [0, 0.1) is 25.6 Å². The normalized spacial score (nSPS) is 17.7. The van der Waals surface area contributed by atoms with Crippen molar-refractivity contribution in [1.82, 2.24) is 5.32 Å². The molecule has 2 N–H and O–H groups in total. The van der Waals surface area contributed by atoms with Crippen LogP contribution in [0.5, 0.6) is 5.75 Å². The Hall–Kier alpha value is -2.89. The first-order chi connectivity index (χ1) is 16.3. The molecule has 0 aromatic heterocycles. The summed E-state index contributed by atoms with van der Waals surface area (Å²) < 4.78 is 18.9. The predicted molar refractivity (Wildman–Crippen MR) is 140 cm³/mol. The molecule has 0 fully saturated rings. The predicted octanol–water partition coefficient (Wildman–Crippen LogP) is 6.62. The molecule has 186 valence electrons. The molecular weight excluding hydrogens is 465 g/mol. The first-order valence-electron chi connectivity index (χ1n) is 11.8. The van der Waals surface area contributed by atoms with Crippen LogP contribution in [0.4, 0.5) is 4.39 Å². The number of fused-ring (bicyclic) bond motifs is 1. The zero-order chi connectivity index (χ0) is 24.4. The van der Waals surface area contributed by atoms with Crippen LogP contribution in [0.3, 0.4) is 0 Å². The van der Waals surface area contributed by atoms with Crippen LogP contribution in [0.2, 0.25) is 0 Å². The first kappa shape index (κ1) is 26.7. The van der Waals surface area contributed by atoms with Gasteiger partial charge in [-0.1, -0.05) is 42.5 Å². The summed E-state index contributed by atoms with van der Waals surface area (Å²) in [6.45, 7) is 6.67. The van der Waals surface area contributed by atoms with E-state index in [1.807, 2.05) is 19.9 Å². The van der Waals surface area contributed by atoms with Gasteiger partial charge in [-0.25, -0.2) is 9.18 Å². The van der Waals surface area contributed by atoms with E-state index in [0.29, 0.717) is 11.5 Å². The number of aryl methyl sites for hydroxylation is 1. The number of halogens is 2. The second-order valence-electron chi connectivity index (χ2n) is 9.36. The van der Waals surface area contributed by atoms with E-state index in [0.717, 1.165) is 41.6 Å². The quantitative estimate of drug-likeness (QED) is 0.385. The van der Waals surface area contributed by atoms with Crippen molar-refractivity contribution >= 4 is 18.4 Å². The number of benzene rings is 3. The minimum Gasteiger partial charge on any atom is -0.494 e. The molecule has 0 saturated carbocycles. The molecule has 3 atom stereocenters. The van der Waals surface area contributed by atoms with Gasteiger partial charge in [0.25, 0.3) is 0 Å². The number of ether oxygens (including phenoxy) is 1. The van der Waals surface area contributed by atoms with E-state index in [2.05, 4.69) is 42.6 Å². The average molecular weight is 498 g/mol. The molecule has 6 heteroatoms. The summed E-state index contributed by atoms with van der Waals surface area (Å²) in [5, 5.41) is 13.4. The molecule has 0 aliphatic heterocycles. The lowest BCUT2D eigenvalue weighted by atomic mass is 9.72. The van der Waals surface area contributed by atoms with E-state index < -0.39 is 5.97 Å². The minimum atomic E-state index is -0.872. The summed E-state index contributed by atoms with van der Waals surface area (Å²) in [4.78, 5) is 11.9. The lowest BCUT2D eigenvalue weighted by Crippen LogP contribution is -2.31. The Morgan fingerprint density at radius 2 is 1.89 bits per heavy atom. The number of hydrogen-bond acceptors (Lipinski definition) is 3. The van der Waals surface area contributed by atoms with Crippen molar-refractivity contribution in [1.29, 1.82) is 0 Å². The summed E-state index contributed by atoms with van der Waals surface area (Å²) in [6, 6.07) is 17.6. The number of hydrogen-bond donors (Lipinski definition) is 2. The van der Waals surface area contributed by atoms with Crippen LogP contribution in [0.15, 0.2) is 54.6 Å². The molecule has 35 heavy (non-hydrogen) atoms. The van der Waals surface area contributed by atoms with Crippen LogP contribution in [-0.4, -0.2) is 24.7 Å². The van der Waals surface area contributed by atoms with Gasteiger partial charge in [-0.3, -0.25) is 0 Å². The molecule has 1 aliphatic rings. The molecular formula is C29H33ClFNO3. The molecule has 3 aromatic carbocycles. The summed E-state index contributed by atoms with van der Waals surface area (Å²) in [5.74, 6) is -0.445. The summed E-state index contributed by atoms with van der Waals surface area (Å²) in [7, 11) is 1.47. The number of methoxy groups -OCH3 is 1. The molecule has 1 aliphatic carbocycles. The van der Waals surface area contributed by atoms with Crippen molar-refractivity contribution in [3.05, 3.63) is 99.4 Å². The van der Waals surface area contributed by atoms with Crippen LogP contribution in [-0.2, 0) is 6.42 Å². The average Bonchev–Trinajstić information content (AvgIpc) is 2.82. The maximum absolute atomic E-state index is 13.8. The molecule has 0 bridgehead atoms. The fraction of sp³-hybridized carbons (Fsp3) is 0.345. The molecule has 4 rings (SSSR count). The van der Waals surface area contributed by atoms with E-state index in [1.165, 1.54) is 24.3 Å². The topological polar surface area (TPSA) is 58.6 Å². The fourth-order valence-corrected chi connectivity index (χ4v) is 5.34. The third-order valence-electron chi connectivity index (χ3n) is 7.20. The third kappa shape index (κ3) is 5.52. The Morgan fingerprint density at radius 3 is 2.60 bits per heavy atom. The van der Waals surface area contributed by atoms with Gasteiger partial charge in [0.1, 0.15) is 0 Å². The lowest BCUT2D eigenvalue weighted by Gasteiger charge is -2.34. The van der Waals surface area contributed by atoms with E-state index in [-0.39, 0.29) is 35.9 Å². The van der Waals surface area contributed by atoms with E-state index >= 15 is 0 Å². The van der Waals surface area contributed by atoms with Gasteiger partial charge in [-0.2, -0.15) is 0 Å². The highest BCUT2D eigenvalue weighted by molar-refractivity contribution is 5.91. The summed E-state index contributed by atoms with van der Waals surface area (Å²) in [6.07, 6.45) is 1.91.